The van der Waals surface area contributed by atoms with Gasteiger partial charge in [-0.15, -0.1) is 0 Å². The van der Waals surface area contributed by atoms with Crippen molar-refractivity contribution in [1.82, 2.24) is 9.55 Å². The first-order valence-corrected chi connectivity index (χ1v) is 15.3. The van der Waals surface area contributed by atoms with Gasteiger partial charge < -0.3 is 4.57 Å². The molecule has 1 heterocycles. The van der Waals surface area contributed by atoms with Gasteiger partial charge >= 0.3 is 0 Å². The van der Waals surface area contributed by atoms with E-state index in [0.717, 1.165) is 17.5 Å². The van der Waals surface area contributed by atoms with Crippen LogP contribution in [0, 0.1) is 0 Å². The minimum atomic E-state index is -0.607. The molecule has 0 aliphatic rings. The summed E-state index contributed by atoms with van der Waals surface area (Å²) in [4.78, 5) is 4.38. The molecule has 0 N–H and O–H groups in total. The highest BCUT2D eigenvalue weighted by Crippen LogP contribution is 2.36. The van der Waals surface area contributed by atoms with Crippen LogP contribution in [0.3, 0.4) is 0 Å². The van der Waals surface area contributed by atoms with Crippen LogP contribution in [0.2, 0.25) is 5.54 Å². The van der Waals surface area contributed by atoms with E-state index in [0.29, 0.717) is 5.54 Å². The summed E-state index contributed by atoms with van der Waals surface area (Å²) in [6.45, 7) is 4.55. The molecule has 0 amide bonds. The molecular weight excluding hydrogens is 487 g/mol. The number of imidazole rings is 1. The van der Waals surface area contributed by atoms with Crippen LogP contribution in [0.5, 0.6) is 0 Å². The van der Waals surface area contributed by atoms with E-state index in [1.165, 1.54) is 11.1 Å². The zero-order chi connectivity index (χ0) is 27.3. The van der Waals surface area contributed by atoms with Crippen molar-refractivity contribution < 1.29 is 0 Å². The summed E-state index contributed by atoms with van der Waals surface area (Å²) in [6, 6.07) is 42.1. The molecule has 1 unspecified atom stereocenters. The number of hydrogen-bond acceptors (Lipinski definition) is 1. The molecule has 39 heavy (non-hydrogen) atoms. The summed E-state index contributed by atoms with van der Waals surface area (Å²) in [7, 11) is 5.51. The maximum absolute atomic E-state index is 6.12. The van der Waals surface area contributed by atoms with E-state index in [1.807, 2.05) is 48.9 Å². The van der Waals surface area contributed by atoms with E-state index in [-0.39, 0.29) is 11.0 Å². The molecular formula is C35H37BN2Si. The van der Waals surface area contributed by atoms with Gasteiger partial charge in [-0.2, -0.15) is 0 Å². The molecule has 0 aliphatic carbocycles. The molecule has 0 aliphatic heterocycles. The van der Waals surface area contributed by atoms with Crippen molar-refractivity contribution in [3.05, 3.63) is 174 Å². The van der Waals surface area contributed by atoms with Crippen molar-refractivity contribution >= 4 is 17.4 Å². The number of nitrogens with zero attached hydrogens (tertiary/aromatic N) is 2. The Morgan fingerprint density at radius 1 is 0.769 bits per heavy atom. The lowest BCUT2D eigenvalue weighted by Gasteiger charge is -2.38. The van der Waals surface area contributed by atoms with Gasteiger partial charge in [0.15, 0.2) is 0 Å². The van der Waals surface area contributed by atoms with Crippen molar-refractivity contribution in [2.75, 3.05) is 0 Å². The fraction of sp³-hybridized carbons (Fsp3) is 0.171. The first kappa shape index (κ1) is 28.1. The molecule has 5 aromatic rings. The number of aromatic nitrogens is 2. The molecule has 1 aromatic heterocycles. The highest BCUT2D eigenvalue weighted by atomic mass is 28.2. The molecule has 4 aromatic carbocycles. The second-order valence-corrected chi connectivity index (χ2v) is 12.6. The smallest absolute Gasteiger partial charge is 0.0953 e. The van der Waals surface area contributed by atoms with Gasteiger partial charge in [-0.05, 0) is 40.0 Å². The molecule has 2 nitrogen and oxygen atoms in total. The van der Waals surface area contributed by atoms with E-state index in [4.69, 9.17) is 7.85 Å². The first-order chi connectivity index (χ1) is 19.1. The molecule has 0 saturated heterocycles. The second kappa shape index (κ2) is 14.3. The molecule has 5 rings (SSSR count). The van der Waals surface area contributed by atoms with E-state index >= 15 is 0 Å². The normalized spacial score (nSPS) is 12.5. The monoisotopic (exact) mass is 524 g/mol. The Labute approximate surface area is 237 Å². The van der Waals surface area contributed by atoms with Gasteiger partial charge in [0.05, 0.1) is 28.9 Å². The molecule has 0 bridgehead atoms. The largest absolute Gasteiger partial charge is 0.327 e. The van der Waals surface area contributed by atoms with Gasteiger partial charge in [-0.1, -0.05) is 147 Å². The number of allylic oxidation sites excluding steroid dienone is 2. The third-order valence-electron chi connectivity index (χ3n) is 7.08. The zero-order valence-electron chi connectivity index (χ0n) is 23.0. The molecule has 0 spiro atoms. The minimum Gasteiger partial charge on any atom is -0.327 e. The van der Waals surface area contributed by atoms with Crippen LogP contribution in [0.25, 0.3) is 0 Å². The molecule has 0 fully saturated rings. The summed E-state index contributed by atoms with van der Waals surface area (Å²) in [5, 5.41) is -0.128. The summed E-state index contributed by atoms with van der Waals surface area (Å²) in [5.74, 6) is -0.0163. The average molecular weight is 525 g/mol. The fourth-order valence-corrected chi connectivity index (χ4v) is 7.74. The van der Waals surface area contributed by atoms with Gasteiger partial charge in [0, 0.05) is 12.4 Å². The average Bonchev–Trinajstić information content (AvgIpc) is 3.56. The maximum atomic E-state index is 6.12. The van der Waals surface area contributed by atoms with Crippen LogP contribution in [0.1, 0.15) is 48.3 Å². The Hall–Kier alpha value is -3.89. The third kappa shape index (κ3) is 7.16. The minimum absolute atomic E-state index is 0.0163. The first-order valence-electron chi connectivity index (χ1n) is 13.8. The Bertz CT molecular complexity index is 1290. The van der Waals surface area contributed by atoms with Crippen LogP contribution < -0.4 is 0 Å². The molecule has 1 atom stereocenters. The van der Waals surface area contributed by atoms with E-state index in [9.17, 15) is 0 Å². The maximum Gasteiger partial charge on any atom is 0.0953 e. The third-order valence-corrected chi connectivity index (χ3v) is 9.77. The Kier molecular flexibility index (Phi) is 10.3. The predicted octanol–water partition coefficient (Wildman–Crippen LogP) is 7.52. The fourth-order valence-electron chi connectivity index (χ4n) is 5.13. The second-order valence-electron chi connectivity index (χ2n) is 9.88. The SMILES string of the molecule is CCC=CC(C)[SiH2]C(c1ccccc1)(c1ccccc1)n1ccnc1.[B]C(c1ccccc1)c1ccccc1. The lowest BCUT2D eigenvalue weighted by Crippen LogP contribution is -2.43. The summed E-state index contributed by atoms with van der Waals surface area (Å²) in [5.41, 5.74) is 5.59. The topological polar surface area (TPSA) is 17.8 Å². The Morgan fingerprint density at radius 2 is 1.23 bits per heavy atom. The van der Waals surface area contributed by atoms with Gasteiger partial charge in [0.2, 0.25) is 0 Å². The summed E-state index contributed by atoms with van der Waals surface area (Å²) >= 11 is 0. The Morgan fingerprint density at radius 3 is 1.64 bits per heavy atom. The molecule has 0 saturated carbocycles. The molecule has 2 radical (unpaired) electrons. The van der Waals surface area contributed by atoms with Gasteiger partial charge in [0.25, 0.3) is 0 Å². The molecule has 4 heteroatoms. The van der Waals surface area contributed by atoms with Crippen molar-refractivity contribution in [1.29, 1.82) is 0 Å². The van der Waals surface area contributed by atoms with Gasteiger partial charge in [-0.25, -0.2) is 4.98 Å². The van der Waals surface area contributed by atoms with E-state index in [1.54, 1.807) is 0 Å². The van der Waals surface area contributed by atoms with Crippen molar-refractivity contribution in [3.63, 3.8) is 0 Å². The number of rotatable bonds is 9. The van der Waals surface area contributed by atoms with Gasteiger partial charge in [-0.3, -0.25) is 0 Å². The van der Waals surface area contributed by atoms with Crippen LogP contribution in [-0.2, 0) is 5.16 Å². The van der Waals surface area contributed by atoms with Crippen LogP contribution >= 0.6 is 0 Å². The number of hydrogen-bond donors (Lipinski definition) is 0. The zero-order valence-corrected chi connectivity index (χ0v) is 24.4. The van der Waals surface area contributed by atoms with E-state index < -0.39 is 9.52 Å². The van der Waals surface area contributed by atoms with Crippen molar-refractivity contribution in [2.24, 2.45) is 0 Å². The number of benzene rings is 4. The highest BCUT2D eigenvalue weighted by Gasteiger charge is 2.37. The van der Waals surface area contributed by atoms with E-state index in [2.05, 4.69) is 127 Å². The van der Waals surface area contributed by atoms with Gasteiger partial charge in [0.1, 0.15) is 0 Å². The van der Waals surface area contributed by atoms with Crippen LogP contribution in [0.4, 0.5) is 0 Å². The lowest BCUT2D eigenvalue weighted by atomic mass is 9.76. The quantitative estimate of drug-likeness (QED) is 0.144. The summed E-state index contributed by atoms with van der Waals surface area (Å²) in [6.07, 6.45) is 11.8. The Balaban J connectivity index is 0.000000212. The predicted molar refractivity (Wildman–Crippen MR) is 169 cm³/mol. The standard InChI is InChI=1S/C22H26N2Si.C13H11B/c1-3-4-11-19(2)25-22(24-17-16-23-18-24,20-12-7-5-8-13-20)21-14-9-6-10-15-21;14-13(11-7-3-1-4-8-11)12-9-5-2-6-10-12/h4-19H,3,25H2,1-2H3;1-10,13H. The molecule has 194 valence electrons. The van der Waals surface area contributed by atoms with Crippen molar-refractivity contribution in [2.45, 2.75) is 36.8 Å². The highest BCUT2D eigenvalue weighted by molar-refractivity contribution is 6.44. The lowest BCUT2D eigenvalue weighted by molar-refractivity contribution is 0.587. The van der Waals surface area contributed by atoms with Crippen molar-refractivity contribution in [3.8, 4) is 0 Å². The van der Waals surface area contributed by atoms with Crippen LogP contribution in [0.15, 0.2) is 152 Å². The summed E-state index contributed by atoms with van der Waals surface area (Å²) < 4.78 is 2.32. The van der Waals surface area contributed by atoms with Crippen LogP contribution in [-0.4, -0.2) is 26.9 Å².